The van der Waals surface area contributed by atoms with Gasteiger partial charge >= 0.3 is 0 Å². The zero-order valence-corrected chi connectivity index (χ0v) is 18.8. The molecule has 2 aromatic carbocycles. The van der Waals surface area contributed by atoms with Crippen molar-refractivity contribution in [2.24, 2.45) is 0 Å². The summed E-state index contributed by atoms with van der Waals surface area (Å²) in [5.41, 5.74) is 1.48. The van der Waals surface area contributed by atoms with E-state index in [-0.39, 0.29) is 21.7 Å². The molecule has 1 heterocycles. The van der Waals surface area contributed by atoms with Gasteiger partial charge in [0, 0.05) is 0 Å². The van der Waals surface area contributed by atoms with E-state index in [9.17, 15) is 18.0 Å². The Bertz CT molecular complexity index is 1290. The smallest absolute Gasteiger partial charge is 0.270 e. The Kier molecular flexibility index (Phi) is 6.81. The number of benzene rings is 2. The molecule has 0 saturated heterocycles. The van der Waals surface area contributed by atoms with E-state index in [1.807, 2.05) is 6.92 Å². The maximum absolute atomic E-state index is 12.8. The molecule has 2 N–H and O–H groups in total. The Morgan fingerprint density at radius 2 is 1.90 bits per heavy atom. The largest absolute Gasteiger partial charge is 0.495 e. The highest BCUT2D eigenvalue weighted by atomic mass is 32.2. The van der Waals surface area contributed by atoms with Crippen molar-refractivity contribution < 1.29 is 17.9 Å². The molecule has 0 saturated carbocycles. The number of sulfone groups is 1. The minimum Gasteiger partial charge on any atom is -0.495 e. The van der Waals surface area contributed by atoms with Crippen LogP contribution in [0.15, 0.2) is 68.4 Å². The summed E-state index contributed by atoms with van der Waals surface area (Å²) in [6.45, 7) is 3.67. The number of para-hydroxylation sites is 2. The highest BCUT2D eigenvalue weighted by molar-refractivity contribution is 7.99. The molecule has 0 aliphatic rings. The molecule has 162 valence electrons. The fraction of sp³-hybridized carbons (Fsp3) is 0.190. The van der Waals surface area contributed by atoms with Crippen LogP contribution in [0.5, 0.6) is 5.75 Å². The van der Waals surface area contributed by atoms with Gasteiger partial charge < -0.3 is 15.0 Å². The number of hydrogen-bond acceptors (Lipinski definition) is 7. The van der Waals surface area contributed by atoms with Gasteiger partial charge in [0.1, 0.15) is 5.75 Å². The van der Waals surface area contributed by atoms with E-state index in [4.69, 9.17) is 4.74 Å². The molecule has 3 rings (SSSR count). The first-order valence-corrected chi connectivity index (χ1v) is 11.7. The number of carbonyl (C=O) groups is 1. The van der Waals surface area contributed by atoms with Crippen molar-refractivity contribution in [1.29, 1.82) is 0 Å². The zero-order valence-electron chi connectivity index (χ0n) is 17.1. The second-order valence-electron chi connectivity index (χ2n) is 6.67. The molecule has 0 aliphatic heterocycles. The lowest BCUT2D eigenvalue weighted by Crippen LogP contribution is -2.20. The number of anilines is 1. The minimum atomic E-state index is -4.01. The van der Waals surface area contributed by atoms with Crippen LogP contribution in [0.2, 0.25) is 0 Å². The molecule has 0 spiro atoms. The first-order valence-electron chi connectivity index (χ1n) is 9.19. The molecule has 1 aromatic heterocycles. The monoisotopic (exact) mass is 459 g/mol. The zero-order chi connectivity index (χ0) is 22.6. The van der Waals surface area contributed by atoms with Crippen LogP contribution in [0.4, 0.5) is 5.69 Å². The number of aryl methyl sites for hydroxylation is 2. The van der Waals surface area contributed by atoms with Gasteiger partial charge in [0.2, 0.25) is 15.7 Å². The maximum atomic E-state index is 12.8. The molecule has 10 heteroatoms. The molecule has 0 bridgehead atoms. The standard InChI is InChI=1S/C21H21N3O5S2/c1-13-8-9-15(10-14(13)2)31(27,28)18-11-22-21(24-20(18)26)30-12-19(25)23-16-6-4-5-7-17(16)29-3/h4-11H,12H2,1-3H3,(H,23,25)(H,22,24,26). The summed E-state index contributed by atoms with van der Waals surface area (Å²) in [5, 5.41) is 2.85. The van der Waals surface area contributed by atoms with Gasteiger partial charge in [-0.1, -0.05) is 30.0 Å². The number of hydrogen-bond donors (Lipinski definition) is 2. The normalized spacial score (nSPS) is 11.2. The first kappa shape index (κ1) is 22.6. The quantitative estimate of drug-likeness (QED) is 0.412. The van der Waals surface area contributed by atoms with Gasteiger partial charge in [-0.15, -0.1) is 0 Å². The number of H-pyrrole nitrogens is 1. The van der Waals surface area contributed by atoms with E-state index in [1.54, 1.807) is 37.3 Å². The van der Waals surface area contributed by atoms with Crippen molar-refractivity contribution in [1.82, 2.24) is 9.97 Å². The van der Waals surface area contributed by atoms with Gasteiger partial charge in [-0.05, 0) is 49.2 Å². The number of thioether (sulfide) groups is 1. The van der Waals surface area contributed by atoms with E-state index in [0.29, 0.717) is 11.4 Å². The van der Waals surface area contributed by atoms with Crippen LogP contribution in [0.25, 0.3) is 0 Å². The third kappa shape index (κ3) is 5.15. The van der Waals surface area contributed by atoms with Crippen LogP contribution in [0.3, 0.4) is 0 Å². The highest BCUT2D eigenvalue weighted by Crippen LogP contribution is 2.24. The predicted molar refractivity (Wildman–Crippen MR) is 119 cm³/mol. The van der Waals surface area contributed by atoms with E-state index in [2.05, 4.69) is 15.3 Å². The molecule has 31 heavy (non-hydrogen) atoms. The second kappa shape index (κ2) is 9.36. The van der Waals surface area contributed by atoms with Crippen molar-refractivity contribution >= 4 is 33.2 Å². The van der Waals surface area contributed by atoms with Gasteiger partial charge in [-0.3, -0.25) is 9.59 Å². The molecule has 3 aromatic rings. The number of ether oxygens (including phenoxy) is 1. The van der Waals surface area contributed by atoms with Crippen LogP contribution in [-0.4, -0.2) is 37.2 Å². The van der Waals surface area contributed by atoms with Gasteiger partial charge in [0.05, 0.1) is 29.6 Å². The second-order valence-corrected chi connectivity index (χ2v) is 9.55. The van der Waals surface area contributed by atoms with Gasteiger partial charge in [-0.2, -0.15) is 0 Å². The average Bonchev–Trinajstić information content (AvgIpc) is 2.74. The lowest BCUT2D eigenvalue weighted by molar-refractivity contribution is -0.113. The van der Waals surface area contributed by atoms with Crippen molar-refractivity contribution in [3.8, 4) is 5.75 Å². The van der Waals surface area contributed by atoms with Crippen LogP contribution in [0, 0.1) is 13.8 Å². The topological polar surface area (TPSA) is 118 Å². The SMILES string of the molecule is COc1ccccc1NC(=O)CSc1ncc(S(=O)(=O)c2ccc(C)c(C)c2)c(=O)[nH]1. The highest BCUT2D eigenvalue weighted by Gasteiger charge is 2.23. The van der Waals surface area contributed by atoms with E-state index in [1.165, 1.54) is 19.2 Å². The molecule has 0 atom stereocenters. The van der Waals surface area contributed by atoms with Crippen LogP contribution in [-0.2, 0) is 14.6 Å². The van der Waals surface area contributed by atoms with Gasteiger partial charge in [-0.25, -0.2) is 13.4 Å². The van der Waals surface area contributed by atoms with Crippen molar-refractivity contribution in [2.75, 3.05) is 18.2 Å². The Labute approximate surface area is 184 Å². The number of rotatable bonds is 7. The number of amides is 1. The van der Waals surface area contributed by atoms with E-state index >= 15 is 0 Å². The van der Waals surface area contributed by atoms with E-state index in [0.717, 1.165) is 29.1 Å². The number of nitrogens with zero attached hydrogens (tertiary/aromatic N) is 1. The fourth-order valence-electron chi connectivity index (χ4n) is 2.71. The summed E-state index contributed by atoms with van der Waals surface area (Å²) in [5.74, 6) is 0.154. The lowest BCUT2D eigenvalue weighted by Gasteiger charge is -2.09. The Morgan fingerprint density at radius 3 is 2.58 bits per heavy atom. The number of aromatic nitrogens is 2. The Hall–Kier alpha value is -3.11. The predicted octanol–water partition coefficient (Wildman–Crippen LogP) is 2.96. The summed E-state index contributed by atoms with van der Waals surface area (Å²) in [6, 6.07) is 11.6. The van der Waals surface area contributed by atoms with Gasteiger partial charge in [0.25, 0.3) is 5.56 Å². The van der Waals surface area contributed by atoms with E-state index < -0.39 is 20.3 Å². The summed E-state index contributed by atoms with van der Waals surface area (Å²) < 4.78 is 30.8. The number of methoxy groups -OCH3 is 1. The maximum Gasteiger partial charge on any atom is 0.270 e. The summed E-state index contributed by atoms with van der Waals surface area (Å²) in [6.07, 6.45) is 1.02. The third-order valence-corrected chi connectivity index (χ3v) is 7.17. The molecule has 8 nitrogen and oxygen atoms in total. The lowest BCUT2D eigenvalue weighted by atomic mass is 10.1. The molecule has 1 amide bonds. The van der Waals surface area contributed by atoms with Gasteiger partial charge in [0.15, 0.2) is 10.1 Å². The average molecular weight is 460 g/mol. The fourth-order valence-corrected chi connectivity index (χ4v) is 4.66. The molecule has 0 radical (unpaired) electrons. The molecule has 0 fully saturated rings. The number of carbonyl (C=O) groups excluding carboxylic acids is 1. The summed E-state index contributed by atoms with van der Waals surface area (Å²) >= 11 is 0.981. The molecular formula is C21H21N3O5S2. The third-order valence-electron chi connectivity index (χ3n) is 4.54. The summed E-state index contributed by atoms with van der Waals surface area (Å²) in [4.78, 5) is 30.7. The Morgan fingerprint density at radius 1 is 1.16 bits per heavy atom. The van der Waals surface area contributed by atoms with Crippen molar-refractivity contribution in [2.45, 2.75) is 28.8 Å². The minimum absolute atomic E-state index is 0.0273. The van der Waals surface area contributed by atoms with Crippen molar-refractivity contribution in [3.05, 3.63) is 70.1 Å². The van der Waals surface area contributed by atoms with Crippen LogP contribution in [0.1, 0.15) is 11.1 Å². The molecular weight excluding hydrogens is 438 g/mol. The molecule has 0 aliphatic carbocycles. The Balaban J connectivity index is 1.73. The number of aromatic amines is 1. The number of nitrogens with one attached hydrogen (secondary N) is 2. The van der Waals surface area contributed by atoms with Crippen LogP contribution < -0.4 is 15.6 Å². The summed E-state index contributed by atoms with van der Waals surface area (Å²) in [7, 11) is -2.51. The van der Waals surface area contributed by atoms with Crippen LogP contribution >= 0.6 is 11.8 Å². The first-order chi connectivity index (χ1) is 14.7. The van der Waals surface area contributed by atoms with Crippen molar-refractivity contribution in [3.63, 3.8) is 0 Å². The molecule has 0 unspecified atom stereocenters.